The maximum Gasteiger partial charge on any atom is 0.317 e. The van der Waals surface area contributed by atoms with Crippen LogP contribution in [-0.4, -0.2) is 58.2 Å². The fourth-order valence-corrected chi connectivity index (χ4v) is 18.1. The molecule has 2 aliphatic heterocycles. The number of hydrogen-bond acceptors (Lipinski definition) is 10. The smallest absolute Gasteiger partial charge is 0.317 e. The van der Waals surface area contributed by atoms with Gasteiger partial charge in [0, 0.05) is 6.61 Å². The number of carboxylic acid groups (broad SMARTS) is 1. The van der Waals surface area contributed by atoms with E-state index in [1.807, 2.05) is 20.8 Å². The number of aliphatic hydroxyl groups is 1. The molecule has 14 aliphatic rings. The van der Waals surface area contributed by atoms with E-state index in [1.165, 1.54) is 0 Å². The van der Waals surface area contributed by atoms with Crippen molar-refractivity contribution in [1.82, 2.24) is 0 Å². The lowest BCUT2D eigenvalue weighted by molar-refractivity contribution is -0.194. The largest absolute Gasteiger partial charge is 0.481 e. The number of hydrogen-bond donors (Lipinski definition) is 2. The highest BCUT2D eigenvalue weighted by atomic mass is 16.6. The van der Waals surface area contributed by atoms with Crippen LogP contribution in [0.2, 0.25) is 0 Å². The Morgan fingerprint density at radius 2 is 1.07 bits per heavy atom. The van der Waals surface area contributed by atoms with Crippen molar-refractivity contribution < 1.29 is 53.2 Å². The number of esters is 5. The Morgan fingerprint density at radius 3 is 1.69 bits per heavy atom. The van der Waals surface area contributed by atoms with Crippen molar-refractivity contribution in [1.29, 1.82) is 0 Å². The van der Waals surface area contributed by atoms with Crippen LogP contribution in [0.1, 0.15) is 105 Å². The summed E-state index contributed by atoms with van der Waals surface area (Å²) in [5.41, 5.74) is -0.692. The third-order valence-electron chi connectivity index (χ3n) is 19.5. The molecule has 12 saturated carbocycles. The normalized spacial score (nSPS) is 52.8. The molecule has 2 N–H and O–H groups in total. The Balaban J connectivity index is 1.08. The predicted octanol–water partition coefficient (Wildman–Crippen LogP) is 6.18. The molecule has 58 heavy (non-hydrogen) atoms. The summed E-state index contributed by atoms with van der Waals surface area (Å²) in [5, 5.41) is 21.1. The van der Waals surface area contributed by atoms with Gasteiger partial charge in [-0.1, -0.05) is 13.8 Å². The summed E-state index contributed by atoms with van der Waals surface area (Å²) in [6.45, 7) is 10.2. The van der Waals surface area contributed by atoms with Crippen molar-refractivity contribution in [2.45, 2.75) is 111 Å². The molecule has 14 rings (SSSR count). The minimum atomic E-state index is -0.751. The molecule has 11 heteroatoms. The molecule has 8 bridgehead atoms. The average Bonchev–Trinajstić information content (AvgIpc) is 3.66. The summed E-state index contributed by atoms with van der Waals surface area (Å²) in [4.78, 5) is 82.8. The van der Waals surface area contributed by atoms with E-state index in [2.05, 4.69) is 13.8 Å². The first-order chi connectivity index (χ1) is 27.6. The summed E-state index contributed by atoms with van der Waals surface area (Å²) in [5.74, 6) is -5.43. The van der Waals surface area contributed by atoms with Crippen LogP contribution >= 0.6 is 0 Å². The van der Waals surface area contributed by atoms with Crippen molar-refractivity contribution >= 4 is 35.8 Å². The highest BCUT2D eigenvalue weighted by molar-refractivity contribution is 5.98. The first-order valence-electron chi connectivity index (χ1n) is 23.2. The van der Waals surface area contributed by atoms with Crippen LogP contribution in [-0.2, 0) is 43.0 Å². The molecular formula is C47H64O11. The quantitative estimate of drug-likeness (QED) is 0.171. The van der Waals surface area contributed by atoms with Crippen LogP contribution in [0.3, 0.4) is 0 Å². The van der Waals surface area contributed by atoms with Gasteiger partial charge < -0.3 is 24.4 Å². The topological polar surface area (TPSA) is 171 Å². The monoisotopic (exact) mass is 804 g/mol. The van der Waals surface area contributed by atoms with E-state index < -0.39 is 65.0 Å². The van der Waals surface area contributed by atoms with Crippen molar-refractivity contribution in [3.05, 3.63) is 0 Å². The lowest BCUT2D eigenvalue weighted by Crippen LogP contribution is -2.62. The Hall–Kier alpha value is -2.82. The molecule has 0 aromatic rings. The fraction of sp³-hybridized carbons (Fsp3) is 0.872. The summed E-state index contributed by atoms with van der Waals surface area (Å²) in [6, 6.07) is 0. The van der Waals surface area contributed by atoms with Crippen molar-refractivity contribution in [3.63, 3.8) is 0 Å². The second kappa shape index (κ2) is 13.9. The van der Waals surface area contributed by atoms with Gasteiger partial charge in [0.05, 0.1) is 35.5 Å². The molecule has 12 aliphatic carbocycles. The maximum absolute atomic E-state index is 14.8. The Kier molecular flexibility index (Phi) is 9.39. The Bertz CT molecular complexity index is 1760. The Labute approximate surface area is 341 Å². The molecule has 23 atom stereocenters. The molecule has 0 amide bonds. The first kappa shape index (κ1) is 39.3. The standard InChI is InChI=1S/C47H64O11/c1-18-24-9-6-21(15-29(24)41(49)50)31(18)35-26-10-7-20(14-23(26)17-48)34(35)39-40(46(55)57-45(39)54)36-27-11-8-22(16-30(27)42(51)58-47(3,4)5)33(36)32-19(2)25-12-13-28(32)38-37(25)43(52)56-44(38)53/h18-40,48H,6-17H2,1-5H3,(H,49,50). The van der Waals surface area contributed by atoms with E-state index in [-0.39, 0.29) is 119 Å². The SMILES string of the molecule is CC1C2CCC(CC2C(=O)O)C1C1C2CCC(CC2CO)C1C1C(=O)OC(=O)C1C1C2CCC(CC2C(=O)OC(C)(C)C)C1C1C(C)C2CCC1C1C(=O)OC(=O)C21. The molecule has 0 radical (unpaired) electrons. The number of ether oxygens (including phenoxy) is 3. The second-order valence-corrected chi connectivity index (χ2v) is 22.4. The molecule has 11 nitrogen and oxygen atoms in total. The van der Waals surface area contributed by atoms with Gasteiger partial charge in [0.2, 0.25) is 0 Å². The van der Waals surface area contributed by atoms with E-state index in [0.717, 1.165) is 57.8 Å². The average molecular weight is 805 g/mol. The van der Waals surface area contributed by atoms with Crippen LogP contribution < -0.4 is 0 Å². The van der Waals surface area contributed by atoms with Crippen LogP contribution in [0.5, 0.6) is 0 Å². The van der Waals surface area contributed by atoms with Gasteiger partial charge in [0.1, 0.15) is 5.60 Å². The third kappa shape index (κ3) is 5.64. The van der Waals surface area contributed by atoms with Gasteiger partial charge in [-0.15, -0.1) is 0 Å². The Morgan fingerprint density at radius 1 is 0.569 bits per heavy atom. The number of carbonyl (C=O) groups is 6. The molecule has 0 spiro atoms. The molecule has 0 aromatic carbocycles. The van der Waals surface area contributed by atoms with Crippen LogP contribution in [0.15, 0.2) is 0 Å². The predicted molar refractivity (Wildman–Crippen MR) is 205 cm³/mol. The van der Waals surface area contributed by atoms with Gasteiger partial charge in [-0.2, -0.15) is 0 Å². The van der Waals surface area contributed by atoms with Crippen molar-refractivity contribution in [2.75, 3.05) is 6.61 Å². The summed E-state index contributed by atoms with van der Waals surface area (Å²) in [6.07, 6.45) is 9.11. The summed E-state index contributed by atoms with van der Waals surface area (Å²) >= 11 is 0. The zero-order valence-electron chi connectivity index (χ0n) is 34.8. The minimum absolute atomic E-state index is 0.00128. The van der Waals surface area contributed by atoms with Gasteiger partial charge in [-0.3, -0.25) is 28.8 Å². The molecule has 14 fully saturated rings. The number of fused-ring (bicyclic) bond motifs is 13. The number of carboxylic acids is 1. The minimum Gasteiger partial charge on any atom is -0.481 e. The highest BCUT2D eigenvalue weighted by Crippen LogP contribution is 2.70. The molecule has 2 saturated heterocycles. The first-order valence-corrected chi connectivity index (χ1v) is 23.2. The van der Waals surface area contributed by atoms with Gasteiger partial charge in [0.25, 0.3) is 0 Å². The fourth-order valence-electron chi connectivity index (χ4n) is 18.1. The maximum atomic E-state index is 14.8. The van der Waals surface area contributed by atoms with Crippen molar-refractivity contribution in [3.8, 4) is 0 Å². The molecule has 23 unspecified atom stereocenters. The number of aliphatic hydroxyl groups excluding tert-OH is 1. The molecule has 2 heterocycles. The lowest BCUT2D eigenvalue weighted by Gasteiger charge is -2.64. The van der Waals surface area contributed by atoms with Gasteiger partial charge in [-0.05, 0) is 192 Å². The number of cyclic esters (lactones) is 4. The summed E-state index contributed by atoms with van der Waals surface area (Å²) < 4.78 is 17.3. The molecule has 0 aromatic heterocycles. The number of rotatable bonds is 7. The van der Waals surface area contributed by atoms with E-state index in [0.29, 0.717) is 12.8 Å². The zero-order valence-corrected chi connectivity index (χ0v) is 34.8. The molecular weight excluding hydrogens is 741 g/mol. The van der Waals surface area contributed by atoms with Gasteiger partial charge in [0.15, 0.2) is 0 Å². The lowest BCUT2D eigenvalue weighted by atomic mass is 9.39. The van der Waals surface area contributed by atoms with Gasteiger partial charge in [-0.25, -0.2) is 0 Å². The van der Waals surface area contributed by atoms with E-state index >= 15 is 0 Å². The molecule has 318 valence electrons. The van der Waals surface area contributed by atoms with Crippen LogP contribution in [0.25, 0.3) is 0 Å². The van der Waals surface area contributed by atoms with Gasteiger partial charge >= 0.3 is 35.8 Å². The number of aliphatic carboxylic acids is 1. The zero-order chi connectivity index (χ0) is 40.8. The van der Waals surface area contributed by atoms with Crippen molar-refractivity contribution in [2.24, 2.45) is 136 Å². The highest BCUT2D eigenvalue weighted by Gasteiger charge is 2.70. The third-order valence-corrected chi connectivity index (χ3v) is 19.5. The van der Waals surface area contributed by atoms with E-state index in [4.69, 9.17) is 14.2 Å². The van der Waals surface area contributed by atoms with E-state index in [1.54, 1.807) is 0 Å². The number of carbonyl (C=O) groups excluding carboxylic acids is 5. The second-order valence-electron chi connectivity index (χ2n) is 22.4. The van der Waals surface area contributed by atoms with Crippen LogP contribution in [0.4, 0.5) is 0 Å². The van der Waals surface area contributed by atoms with E-state index in [9.17, 15) is 39.0 Å². The summed E-state index contributed by atoms with van der Waals surface area (Å²) in [7, 11) is 0. The van der Waals surface area contributed by atoms with Crippen LogP contribution in [0, 0.1) is 136 Å².